The largest absolute Gasteiger partial charge is 0.481 e. The minimum absolute atomic E-state index is 0.299. The van der Waals surface area contributed by atoms with Gasteiger partial charge in [0.15, 0.2) is 0 Å². The Morgan fingerprint density at radius 1 is 0.917 bits per heavy atom. The molecular formula is C14H21NO9. The highest BCUT2D eigenvalue weighted by molar-refractivity contribution is 5.70. The molecule has 1 rings (SSSR count). The third-order valence-electron chi connectivity index (χ3n) is 3.95. The van der Waals surface area contributed by atoms with Crippen LogP contribution in [0.5, 0.6) is 0 Å². The predicted octanol–water partition coefficient (Wildman–Crippen LogP) is -0.699. The number of nitrogens with two attached hydrogens (primary N) is 1. The van der Waals surface area contributed by atoms with Gasteiger partial charge in [0.25, 0.3) is 0 Å². The topological polar surface area (TPSA) is 173 Å². The van der Waals surface area contributed by atoms with Gasteiger partial charge in [-0.3, -0.25) is 19.2 Å². The molecule has 0 aromatic carbocycles. The third-order valence-corrected chi connectivity index (χ3v) is 3.95. The van der Waals surface area contributed by atoms with Crippen molar-refractivity contribution in [3.05, 3.63) is 0 Å². The third kappa shape index (κ3) is 5.78. The molecule has 0 bridgehead atoms. The minimum atomic E-state index is -1.19. The Morgan fingerprint density at radius 3 is 1.88 bits per heavy atom. The number of carbonyl (C=O) groups excluding carboxylic acids is 1. The van der Waals surface area contributed by atoms with Crippen molar-refractivity contribution in [2.24, 2.45) is 17.6 Å². The molecule has 24 heavy (non-hydrogen) atoms. The van der Waals surface area contributed by atoms with Crippen LogP contribution in [0.2, 0.25) is 0 Å². The van der Waals surface area contributed by atoms with Crippen LogP contribution in [-0.4, -0.2) is 64.1 Å². The van der Waals surface area contributed by atoms with E-state index in [1.165, 1.54) is 0 Å². The zero-order valence-corrected chi connectivity index (χ0v) is 13.1. The number of rotatable bonds is 8. The number of carbonyl (C=O) groups is 4. The van der Waals surface area contributed by atoms with E-state index in [0.717, 1.165) is 6.92 Å². The van der Waals surface area contributed by atoms with E-state index >= 15 is 0 Å². The van der Waals surface area contributed by atoms with Gasteiger partial charge >= 0.3 is 23.9 Å². The first-order valence-electron chi connectivity index (χ1n) is 7.31. The van der Waals surface area contributed by atoms with Crippen LogP contribution in [0.25, 0.3) is 0 Å². The number of carboxylic acids is 3. The number of hydrogen-bond donors (Lipinski definition) is 4. The van der Waals surface area contributed by atoms with Crippen molar-refractivity contribution in [3.63, 3.8) is 0 Å². The van der Waals surface area contributed by atoms with Crippen LogP contribution in [0.3, 0.4) is 0 Å². The summed E-state index contributed by atoms with van der Waals surface area (Å²) in [4.78, 5) is 44.1. The average molecular weight is 347 g/mol. The second-order valence-corrected chi connectivity index (χ2v) is 5.71. The van der Waals surface area contributed by atoms with Crippen molar-refractivity contribution >= 4 is 23.9 Å². The summed E-state index contributed by atoms with van der Waals surface area (Å²) in [6.07, 6.45) is -3.28. The lowest BCUT2D eigenvalue weighted by molar-refractivity contribution is -0.177. The Hall–Kier alpha value is -2.20. The highest BCUT2D eigenvalue weighted by Crippen LogP contribution is 2.36. The number of esters is 1. The van der Waals surface area contributed by atoms with E-state index in [2.05, 4.69) is 0 Å². The van der Waals surface area contributed by atoms with Gasteiger partial charge in [0.2, 0.25) is 0 Å². The number of ether oxygens (including phenoxy) is 2. The Kier molecular flexibility index (Phi) is 7.11. The molecule has 1 unspecified atom stereocenters. The molecule has 0 aliphatic carbocycles. The number of hydrogen-bond acceptors (Lipinski definition) is 7. The van der Waals surface area contributed by atoms with Crippen LogP contribution in [0.4, 0.5) is 0 Å². The van der Waals surface area contributed by atoms with Crippen molar-refractivity contribution in [2.75, 3.05) is 6.61 Å². The molecule has 10 heteroatoms. The molecule has 1 fully saturated rings. The highest BCUT2D eigenvalue weighted by Gasteiger charge is 2.46. The first-order valence-corrected chi connectivity index (χ1v) is 7.31. The quantitative estimate of drug-likeness (QED) is 0.411. The molecule has 5 atom stereocenters. The average Bonchev–Trinajstić information content (AvgIpc) is 2.42. The maximum atomic E-state index is 11.1. The van der Waals surface area contributed by atoms with E-state index < -0.39 is 73.2 Å². The maximum absolute atomic E-state index is 11.1. The summed E-state index contributed by atoms with van der Waals surface area (Å²) in [7, 11) is 0. The molecule has 0 aromatic rings. The summed E-state index contributed by atoms with van der Waals surface area (Å²) in [6.45, 7) is 0.858. The Balaban J connectivity index is 3.08. The Bertz CT molecular complexity index is 490. The van der Waals surface area contributed by atoms with E-state index in [0.29, 0.717) is 0 Å². The molecule has 0 radical (unpaired) electrons. The van der Waals surface area contributed by atoms with E-state index in [-0.39, 0.29) is 6.61 Å². The summed E-state index contributed by atoms with van der Waals surface area (Å²) >= 11 is 0. The van der Waals surface area contributed by atoms with Gasteiger partial charge < -0.3 is 30.5 Å². The molecule has 0 aromatic heterocycles. The molecule has 136 valence electrons. The SMILES string of the molecule is CC(=O)OC[C@@H]1OC(CC(=O)O)[C@H](N)[C@H](CC(=O)O)[C@@H]1CC(=O)O. The Labute approximate surface area is 137 Å². The van der Waals surface area contributed by atoms with E-state index in [1.54, 1.807) is 0 Å². The number of aliphatic carboxylic acids is 3. The maximum Gasteiger partial charge on any atom is 0.306 e. The van der Waals surface area contributed by atoms with Crippen molar-refractivity contribution in [1.82, 2.24) is 0 Å². The van der Waals surface area contributed by atoms with E-state index in [1.807, 2.05) is 0 Å². The molecule has 5 N–H and O–H groups in total. The molecular weight excluding hydrogens is 326 g/mol. The standard InChI is InChI=1S/C14H21NO9/c1-6(16)23-5-10-7(2-11(17)18)8(3-12(19)20)14(15)9(24-10)4-13(21)22/h7-10,14H,2-5,15H2,1H3,(H,17,18)(H,19,20)(H,21,22)/t7-,8+,9?,10-,14+/m0/s1. The lowest BCUT2D eigenvalue weighted by Gasteiger charge is -2.44. The van der Waals surface area contributed by atoms with Gasteiger partial charge in [-0.2, -0.15) is 0 Å². The van der Waals surface area contributed by atoms with E-state index in [4.69, 9.17) is 30.5 Å². The van der Waals surface area contributed by atoms with Gasteiger partial charge in [0.1, 0.15) is 6.61 Å². The number of carboxylic acid groups (broad SMARTS) is 3. The van der Waals surface area contributed by atoms with Crippen molar-refractivity contribution in [2.45, 2.75) is 44.4 Å². The summed E-state index contributed by atoms with van der Waals surface area (Å²) in [5.41, 5.74) is 5.95. The summed E-state index contributed by atoms with van der Waals surface area (Å²) in [5, 5.41) is 27.1. The fourth-order valence-corrected chi connectivity index (χ4v) is 2.95. The summed E-state index contributed by atoms with van der Waals surface area (Å²) in [5.74, 6) is -5.82. The monoisotopic (exact) mass is 347 g/mol. The molecule has 0 amide bonds. The first-order chi connectivity index (χ1) is 11.1. The molecule has 1 aliphatic rings. The Morgan fingerprint density at radius 2 is 1.42 bits per heavy atom. The summed E-state index contributed by atoms with van der Waals surface area (Å²) in [6, 6.07) is -0.963. The van der Waals surface area contributed by atoms with Crippen LogP contribution >= 0.6 is 0 Å². The van der Waals surface area contributed by atoms with Crippen LogP contribution < -0.4 is 5.73 Å². The van der Waals surface area contributed by atoms with Gasteiger partial charge in [0, 0.05) is 18.9 Å². The zero-order valence-electron chi connectivity index (χ0n) is 13.1. The minimum Gasteiger partial charge on any atom is -0.481 e. The van der Waals surface area contributed by atoms with Gasteiger partial charge in [-0.05, 0) is 5.92 Å². The van der Waals surface area contributed by atoms with E-state index in [9.17, 15) is 19.2 Å². The second-order valence-electron chi connectivity index (χ2n) is 5.71. The molecule has 0 spiro atoms. The van der Waals surface area contributed by atoms with Crippen LogP contribution in [0.15, 0.2) is 0 Å². The van der Waals surface area contributed by atoms with Crippen LogP contribution in [0, 0.1) is 11.8 Å². The smallest absolute Gasteiger partial charge is 0.306 e. The zero-order chi connectivity index (χ0) is 18.4. The molecule has 10 nitrogen and oxygen atoms in total. The fraction of sp³-hybridized carbons (Fsp3) is 0.714. The molecule has 0 saturated carbocycles. The van der Waals surface area contributed by atoms with Gasteiger partial charge in [-0.25, -0.2) is 0 Å². The molecule has 1 saturated heterocycles. The highest BCUT2D eigenvalue weighted by atomic mass is 16.6. The van der Waals surface area contributed by atoms with Crippen molar-refractivity contribution < 1.29 is 44.0 Å². The first kappa shape index (κ1) is 19.8. The van der Waals surface area contributed by atoms with Crippen molar-refractivity contribution in [3.8, 4) is 0 Å². The summed E-state index contributed by atoms with van der Waals surface area (Å²) < 4.78 is 10.4. The van der Waals surface area contributed by atoms with Gasteiger partial charge in [-0.15, -0.1) is 0 Å². The van der Waals surface area contributed by atoms with Gasteiger partial charge in [-0.1, -0.05) is 0 Å². The molecule has 1 aliphatic heterocycles. The normalized spacial score (nSPS) is 29.7. The molecule has 1 heterocycles. The lowest BCUT2D eigenvalue weighted by Crippen LogP contribution is -2.57. The van der Waals surface area contributed by atoms with Gasteiger partial charge in [0.05, 0.1) is 31.5 Å². The van der Waals surface area contributed by atoms with Crippen LogP contribution in [-0.2, 0) is 28.7 Å². The predicted molar refractivity (Wildman–Crippen MR) is 77.0 cm³/mol. The van der Waals surface area contributed by atoms with Crippen molar-refractivity contribution in [1.29, 1.82) is 0 Å². The van der Waals surface area contributed by atoms with Crippen LogP contribution in [0.1, 0.15) is 26.2 Å². The fourth-order valence-electron chi connectivity index (χ4n) is 2.95. The second kappa shape index (κ2) is 8.60. The lowest BCUT2D eigenvalue weighted by atomic mass is 9.74.